The molecule has 10 heteroatoms. The molecule has 30 heavy (non-hydrogen) atoms. The zero-order valence-corrected chi connectivity index (χ0v) is 17.0. The average Bonchev–Trinajstić information content (AvgIpc) is 3.23. The van der Waals surface area contributed by atoms with Gasteiger partial charge in [0, 0.05) is 29.4 Å². The fourth-order valence-corrected chi connectivity index (χ4v) is 4.03. The molecule has 2 aromatic heterocycles. The molecule has 1 aliphatic heterocycles. The normalized spacial score (nSPS) is 15.8. The lowest BCUT2D eigenvalue weighted by Gasteiger charge is -2.14. The number of hydrogen-bond donors (Lipinski definition) is 1. The van der Waals surface area contributed by atoms with Crippen LogP contribution in [0.4, 0.5) is 13.2 Å². The number of nitrogens with zero attached hydrogens (tertiary/aromatic N) is 1. The van der Waals surface area contributed by atoms with Crippen molar-refractivity contribution in [3.05, 3.63) is 52.9 Å². The van der Waals surface area contributed by atoms with E-state index in [9.17, 15) is 18.0 Å². The number of carbonyl (C=O) groups excluding carboxylic acids is 1. The molecule has 1 fully saturated rings. The average molecular weight is 450 g/mol. The Morgan fingerprint density at radius 3 is 2.77 bits per heavy atom. The van der Waals surface area contributed by atoms with Crippen molar-refractivity contribution in [2.45, 2.75) is 13.1 Å². The predicted molar refractivity (Wildman–Crippen MR) is 112 cm³/mol. The Labute approximate surface area is 178 Å². The summed E-state index contributed by atoms with van der Waals surface area (Å²) in [6, 6.07) is 5.48. The zero-order chi connectivity index (χ0) is 21.5. The van der Waals surface area contributed by atoms with E-state index in [4.69, 9.17) is 21.4 Å². The van der Waals surface area contributed by atoms with Gasteiger partial charge in [0.15, 0.2) is 0 Å². The van der Waals surface area contributed by atoms with Crippen LogP contribution < -0.4 is 10.1 Å². The van der Waals surface area contributed by atoms with Gasteiger partial charge in [0.05, 0.1) is 17.1 Å². The molecule has 3 heterocycles. The molecule has 1 aliphatic rings. The number of halogens is 3. The van der Waals surface area contributed by atoms with Crippen molar-refractivity contribution in [2.24, 2.45) is 0 Å². The molecule has 1 aromatic carbocycles. The second-order valence-electron chi connectivity index (χ2n) is 6.25. The molecule has 0 saturated carbocycles. The first kappa shape index (κ1) is 20.4. The molecule has 5 nitrogen and oxygen atoms in total. The van der Waals surface area contributed by atoms with Gasteiger partial charge in [-0.25, -0.2) is 0 Å². The standard InChI is InChI=1S/C20H13F3N2O3S2/c1-2-27-15-4-3-10(6-14(15)20(21,22)23)13-9-24-8-11-5-12(28-17(11)13)7-16-18(26)25-19(29)30-16/h3-9H,2H2,1H3,(H,25,26,29)/b16-7-. The van der Waals surface area contributed by atoms with E-state index in [0.717, 1.165) is 17.8 Å². The molecule has 4 rings (SSSR count). The third-order valence-electron chi connectivity index (χ3n) is 4.25. The number of nitrogens with one attached hydrogen (secondary N) is 1. The number of pyridine rings is 1. The number of benzene rings is 1. The van der Waals surface area contributed by atoms with E-state index < -0.39 is 11.7 Å². The van der Waals surface area contributed by atoms with Gasteiger partial charge in [-0.1, -0.05) is 30.0 Å². The van der Waals surface area contributed by atoms with Gasteiger partial charge in [0.25, 0.3) is 5.91 Å². The maximum atomic E-state index is 13.5. The molecule has 0 unspecified atom stereocenters. The van der Waals surface area contributed by atoms with Gasteiger partial charge in [0.1, 0.15) is 21.4 Å². The number of carbonyl (C=O) groups is 1. The van der Waals surface area contributed by atoms with Gasteiger partial charge in [-0.05, 0) is 30.7 Å². The molecular weight excluding hydrogens is 437 g/mol. The van der Waals surface area contributed by atoms with Crippen LogP contribution >= 0.6 is 24.0 Å². The first-order valence-corrected chi connectivity index (χ1v) is 9.95. The number of aromatic nitrogens is 1. The molecular formula is C20H13F3N2O3S2. The lowest BCUT2D eigenvalue weighted by molar-refractivity contribution is -0.138. The van der Waals surface area contributed by atoms with Crippen molar-refractivity contribution in [1.29, 1.82) is 0 Å². The van der Waals surface area contributed by atoms with Crippen LogP contribution in [0.2, 0.25) is 0 Å². The van der Waals surface area contributed by atoms with Gasteiger partial charge in [-0.2, -0.15) is 13.2 Å². The zero-order valence-electron chi connectivity index (χ0n) is 15.4. The molecule has 1 saturated heterocycles. The van der Waals surface area contributed by atoms with E-state index >= 15 is 0 Å². The molecule has 0 atom stereocenters. The van der Waals surface area contributed by atoms with Crippen molar-refractivity contribution < 1.29 is 27.1 Å². The molecule has 154 valence electrons. The van der Waals surface area contributed by atoms with Gasteiger partial charge in [-0.15, -0.1) is 0 Å². The summed E-state index contributed by atoms with van der Waals surface area (Å²) >= 11 is 6.06. The predicted octanol–water partition coefficient (Wildman–Crippen LogP) is 5.40. The Balaban J connectivity index is 1.80. The number of rotatable bonds is 4. The lowest BCUT2D eigenvalue weighted by Crippen LogP contribution is -2.17. The van der Waals surface area contributed by atoms with Crippen LogP contribution in [0.5, 0.6) is 5.75 Å². The highest BCUT2D eigenvalue weighted by Crippen LogP contribution is 2.40. The summed E-state index contributed by atoms with van der Waals surface area (Å²) < 4.78 is 51.8. The lowest BCUT2D eigenvalue weighted by atomic mass is 10.0. The Bertz CT molecular complexity index is 1200. The molecule has 0 aliphatic carbocycles. The van der Waals surface area contributed by atoms with Crippen LogP contribution in [0, 0.1) is 0 Å². The largest absolute Gasteiger partial charge is 0.493 e. The second kappa shape index (κ2) is 7.77. The summed E-state index contributed by atoms with van der Waals surface area (Å²) in [5, 5.41) is 3.10. The number of amides is 1. The van der Waals surface area contributed by atoms with Crippen molar-refractivity contribution >= 4 is 51.3 Å². The quantitative estimate of drug-likeness (QED) is 0.424. The van der Waals surface area contributed by atoms with E-state index in [0.29, 0.717) is 31.5 Å². The summed E-state index contributed by atoms with van der Waals surface area (Å²) in [6.07, 6.45) is -0.0741. The highest BCUT2D eigenvalue weighted by molar-refractivity contribution is 8.26. The highest BCUT2D eigenvalue weighted by Gasteiger charge is 2.35. The maximum Gasteiger partial charge on any atom is 0.419 e. The van der Waals surface area contributed by atoms with Crippen molar-refractivity contribution in [3.63, 3.8) is 0 Å². The number of ether oxygens (including phenoxy) is 1. The Kier molecular flexibility index (Phi) is 5.29. The molecule has 1 amide bonds. The van der Waals surface area contributed by atoms with Gasteiger partial charge >= 0.3 is 6.18 Å². The van der Waals surface area contributed by atoms with Crippen molar-refractivity contribution in [2.75, 3.05) is 6.61 Å². The van der Waals surface area contributed by atoms with E-state index in [-0.39, 0.29) is 23.8 Å². The fourth-order valence-electron chi connectivity index (χ4n) is 3.01. The minimum atomic E-state index is -4.58. The van der Waals surface area contributed by atoms with E-state index in [2.05, 4.69) is 10.3 Å². The third-order valence-corrected chi connectivity index (χ3v) is 5.42. The van der Waals surface area contributed by atoms with Crippen molar-refractivity contribution in [3.8, 4) is 16.9 Å². The first-order chi connectivity index (χ1) is 14.3. The SMILES string of the molecule is CCOc1ccc(-c2cncc3cc(/C=C4\SC(=S)NC4=O)oc23)cc1C(F)(F)F. The number of thiocarbonyl (C=S) groups is 1. The number of furan rings is 1. The minimum absolute atomic E-state index is 0.116. The topological polar surface area (TPSA) is 64.4 Å². The van der Waals surface area contributed by atoms with Crippen LogP contribution in [0.3, 0.4) is 0 Å². The number of thioether (sulfide) groups is 1. The van der Waals surface area contributed by atoms with E-state index in [1.54, 1.807) is 13.0 Å². The van der Waals surface area contributed by atoms with Gasteiger partial charge < -0.3 is 14.5 Å². The van der Waals surface area contributed by atoms with Crippen LogP contribution in [0.25, 0.3) is 28.2 Å². The summed E-state index contributed by atoms with van der Waals surface area (Å²) in [4.78, 5) is 16.3. The molecule has 0 spiro atoms. The third kappa shape index (κ3) is 3.92. The Hall–Kier alpha value is -2.85. The van der Waals surface area contributed by atoms with E-state index in [1.165, 1.54) is 30.6 Å². The molecule has 0 radical (unpaired) electrons. The summed E-state index contributed by atoms with van der Waals surface area (Å²) in [5.74, 6) is -0.201. The smallest absolute Gasteiger partial charge is 0.419 e. The van der Waals surface area contributed by atoms with Crippen LogP contribution in [0.1, 0.15) is 18.2 Å². The molecule has 1 N–H and O–H groups in total. The van der Waals surface area contributed by atoms with Crippen LogP contribution in [0.15, 0.2) is 46.0 Å². The maximum absolute atomic E-state index is 13.5. The number of fused-ring (bicyclic) bond motifs is 1. The highest BCUT2D eigenvalue weighted by atomic mass is 32.2. The number of hydrogen-bond acceptors (Lipinski definition) is 6. The van der Waals surface area contributed by atoms with Gasteiger partial charge in [-0.3, -0.25) is 9.78 Å². The van der Waals surface area contributed by atoms with E-state index in [1.807, 2.05) is 0 Å². The molecule has 0 bridgehead atoms. The van der Waals surface area contributed by atoms with Gasteiger partial charge in [0.2, 0.25) is 0 Å². The molecule has 3 aromatic rings. The van der Waals surface area contributed by atoms with Crippen LogP contribution in [-0.2, 0) is 11.0 Å². The number of alkyl halides is 3. The second-order valence-corrected chi connectivity index (χ2v) is 7.97. The summed E-state index contributed by atoms with van der Waals surface area (Å²) in [7, 11) is 0. The first-order valence-electron chi connectivity index (χ1n) is 8.73. The minimum Gasteiger partial charge on any atom is -0.493 e. The fraction of sp³-hybridized carbons (Fsp3) is 0.150. The Morgan fingerprint density at radius 1 is 1.30 bits per heavy atom. The summed E-state index contributed by atoms with van der Waals surface area (Å²) in [6.45, 7) is 1.73. The summed E-state index contributed by atoms with van der Waals surface area (Å²) in [5.41, 5.74) is 0.164. The van der Waals surface area contributed by atoms with Crippen LogP contribution in [-0.4, -0.2) is 21.8 Å². The van der Waals surface area contributed by atoms with Crippen molar-refractivity contribution in [1.82, 2.24) is 10.3 Å². The Morgan fingerprint density at radius 2 is 2.10 bits per heavy atom. The monoisotopic (exact) mass is 450 g/mol.